The maximum atomic E-state index is 14.2. The number of ether oxygens (including phenoxy) is 2. The molecule has 0 unspecified atom stereocenters. The summed E-state index contributed by atoms with van der Waals surface area (Å²) in [4.78, 5) is 4.36. The van der Waals surface area contributed by atoms with Crippen LogP contribution in [-0.4, -0.2) is 32.3 Å². The predicted molar refractivity (Wildman–Crippen MR) is 89.5 cm³/mol. The molecule has 130 valence electrons. The van der Waals surface area contributed by atoms with Crippen LogP contribution in [0.4, 0.5) is 10.3 Å². The molecule has 0 atom stereocenters. The highest BCUT2D eigenvalue weighted by molar-refractivity contribution is 5.56. The fraction of sp³-hybridized carbons (Fsp3) is 0.353. The van der Waals surface area contributed by atoms with E-state index >= 15 is 0 Å². The van der Waals surface area contributed by atoms with Gasteiger partial charge in [0.1, 0.15) is 17.9 Å². The average Bonchev–Trinajstić information content (AvgIpc) is 3.24. The molecule has 3 aromatic rings. The van der Waals surface area contributed by atoms with Gasteiger partial charge in [0.05, 0.1) is 18.9 Å². The Morgan fingerprint density at radius 2 is 2.28 bits per heavy atom. The van der Waals surface area contributed by atoms with E-state index in [0.717, 1.165) is 11.3 Å². The Balaban J connectivity index is 1.63. The van der Waals surface area contributed by atoms with Crippen molar-refractivity contribution in [3.05, 3.63) is 41.6 Å². The minimum atomic E-state index is -0.253. The maximum absolute atomic E-state index is 14.2. The van der Waals surface area contributed by atoms with E-state index < -0.39 is 0 Å². The lowest BCUT2D eigenvalue weighted by molar-refractivity contribution is 0.243. The molecule has 1 aromatic carbocycles. The third-order valence-electron chi connectivity index (χ3n) is 4.03. The van der Waals surface area contributed by atoms with Crippen molar-refractivity contribution in [3.8, 4) is 11.5 Å². The smallest absolute Gasteiger partial charge is 0.210 e. The molecule has 0 saturated carbocycles. The van der Waals surface area contributed by atoms with Crippen molar-refractivity contribution < 1.29 is 13.9 Å². The summed E-state index contributed by atoms with van der Waals surface area (Å²) < 4.78 is 27.1. The molecule has 7 nitrogen and oxygen atoms in total. The lowest BCUT2D eigenvalue weighted by Crippen LogP contribution is -2.11. The molecule has 1 aliphatic heterocycles. The molecule has 0 aliphatic carbocycles. The first-order valence-corrected chi connectivity index (χ1v) is 8.16. The molecule has 1 N–H and O–H groups in total. The number of halogens is 1. The molecule has 4 rings (SSSR count). The maximum Gasteiger partial charge on any atom is 0.210 e. The van der Waals surface area contributed by atoms with E-state index in [0.29, 0.717) is 42.5 Å². The van der Waals surface area contributed by atoms with Gasteiger partial charge in [-0.1, -0.05) is 0 Å². The van der Waals surface area contributed by atoms with Crippen LogP contribution < -0.4 is 14.8 Å². The fourth-order valence-electron chi connectivity index (χ4n) is 2.94. The second kappa shape index (κ2) is 6.19. The Bertz CT molecular complexity index is 925. The Kier molecular flexibility index (Phi) is 3.87. The van der Waals surface area contributed by atoms with E-state index in [1.807, 2.05) is 13.8 Å². The van der Waals surface area contributed by atoms with Crippen LogP contribution in [0.15, 0.2) is 24.7 Å². The summed E-state index contributed by atoms with van der Waals surface area (Å²) in [6, 6.07) is 3.11. The van der Waals surface area contributed by atoms with Gasteiger partial charge in [0.25, 0.3) is 0 Å². The molecule has 2 aromatic heterocycles. The van der Waals surface area contributed by atoms with E-state index in [2.05, 4.69) is 20.5 Å². The fourth-order valence-corrected chi connectivity index (χ4v) is 2.94. The van der Waals surface area contributed by atoms with Crippen LogP contribution in [0.25, 0.3) is 5.65 Å². The second-order valence-corrected chi connectivity index (χ2v) is 6.09. The molecule has 0 saturated heterocycles. The molecular weight excluding hydrogens is 325 g/mol. The van der Waals surface area contributed by atoms with Crippen molar-refractivity contribution in [1.29, 1.82) is 0 Å². The molecular formula is C17H18FN5O2. The zero-order valence-corrected chi connectivity index (χ0v) is 14.0. The molecule has 0 bridgehead atoms. The second-order valence-electron chi connectivity index (χ2n) is 6.09. The summed E-state index contributed by atoms with van der Waals surface area (Å²) in [6.07, 6.45) is 3.86. The monoisotopic (exact) mass is 343 g/mol. The van der Waals surface area contributed by atoms with Gasteiger partial charge in [-0.3, -0.25) is 0 Å². The topological polar surface area (TPSA) is 73.6 Å². The van der Waals surface area contributed by atoms with Crippen molar-refractivity contribution in [2.75, 3.05) is 11.9 Å². The number of nitrogens with zero attached hydrogens (tertiary/aromatic N) is 4. The third kappa shape index (κ3) is 2.84. The van der Waals surface area contributed by atoms with Crippen molar-refractivity contribution >= 4 is 11.6 Å². The van der Waals surface area contributed by atoms with Crippen LogP contribution in [0.2, 0.25) is 0 Å². The number of rotatable bonds is 5. The number of anilines is 1. The van der Waals surface area contributed by atoms with Crippen LogP contribution in [0.3, 0.4) is 0 Å². The van der Waals surface area contributed by atoms with Gasteiger partial charge in [-0.25, -0.2) is 13.8 Å². The Morgan fingerprint density at radius 3 is 3.12 bits per heavy atom. The molecule has 3 heterocycles. The normalized spacial score (nSPS) is 13.1. The van der Waals surface area contributed by atoms with Gasteiger partial charge >= 0.3 is 0 Å². The largest absolute Gasteiger partial charge is 0.493 e. The summed E-state index contributed by atoms with van der Waals surface area (Å²) in [7, 11) is 0. The zero-order valence-electron chi connectivity index (χ0n) is 14.0. The van der Waals surface area contributed by atoms with E-state index in [4.69, 9.17) is 9.47 Å². The van der Waals surface area contributed by atoms with Gasteiger partial charge < -0.3 is 14.8 Å². The Morgan fingerprint density at radius 1 is 1.40 bits per heavy atom. The highest BCUT2D eigenvalue weighted by Crippen LogP contribution is 2.30. The number of nitrogens with one attached hydrogen (secondary N) is 1. The lowest BCUT2D eigenvalue weighted by Gasteiger charge is -2.14. The van der Waals surface area contributed by atoms with Crippen LogP contribution in [0.5, 0.6) is 11.5 Å². The van der Waals surface area contributed by atoms with Gasteiger partial charge in [-0.2, -0.15) is 0 Å². The SMILES string of the molecule is CC(C)Oc1cnc(NCc2c(F)ccc3c2CCO3)n2cnnc12. The predicted octanol–water partition coefficient (Wildman–Crippen LogP) is 2.60. The summed E-state index contributed by atoms with van der Waals surface area (Å²) in [5.41, 5.74) is 2.07. The Labute approximate surface area is 143 Å². The molecule has 0 amide bonds. The van der Waals surface area contributed by atoms with Crippen LogP contribution in [0.1, 0.15) is 25.0 Å². The van der Waals surface area contributed by atoms with Crippen molar-refractivity contribution in [3.63, 3.8) is 0 Å². The molecule has 0 spiro atoms. The standard InChI is InChI=1S/C17H18FN5O2/c1-10(2)25-15-8-20-17(23-9-21-22-16(15)23)19-7-12-11-5-6-24-14(11)4-3-13(12)18/h3-4,8-10H,5-7H2,1-2H3,(H,19,20). The number of aromatic nitrogens is 4. The first kappa shape index (κ1) is 15.6. The molecule has 8 heteroatoms. The van der Waals surface area contributed by atoms with E-state index in [1.165, 1.54) is 6.07 Å². The zero-order chi connectivity index (χ0) is 17.4. The quantitative estimate of drug-likeness (QED) is 0.768. The van der Waals surface area contributed by atoms with Gasteiger partial charge in [0.15, 0.2) is 5.75 Å². The van der Waals surface area contributed by atoms with Crippen LogP contribution in [0, 0.1) is 5.82 Å². The van der Waals surface area contributed by atoms with Gasteiger partial charge in [-0.05, 0) is 26.0 Å². The number of hydrogen-bond donors (Lipinski definition) is 1. The van der Waals surface area contributed by atoms with Crippen molar-refractivity contribution in [2.45, 2.75) is 32.9 Å². The van der Waals surface area contributed by atoms with E-state index in [-0.39, 0.29) is 11.9 Å². The number of benzene rings is 1. The van der Waals surface area contributed by atoms with Gasteiger partial charge in [0.2, 0.25) is 11.6 Å². The summed E-state index contributed by atoms with van der Waals surface area (Å²) in [5, 5.41) is 11.2. The summed E-state index contributed by atoms with van der Waals surface area (Å²) >= 11 is 0. The summed E-state index contributed by atoms with van der Waals surface area (Å²) in [6.45, 7) is 4.74. The number of fused-ring (bicyclic) bond motifs is 2. The summed E-state index contributed by atoms with van der Waals surface area (Å²) in [5.74, 6) is 1.57. The molecule has 0 fully saturated rings. The van der Waals surface area contributed by atoms with Gasteiger partial charge in [0, 0.05) is 24.1 Å². The van der Waals surface area contributed by atoms with Crippen molar-refractivity contribution in [2.24, 2.45) is 0 Å². The van der Waals surface area contributed by atoms with Crippen LogP contribution >= 0.6 is 0 Å². The first-order chi connectivity index (χ1) is 12.1. The highest BCUT2D eigenvalue weighted by atomic mass is 19.1. The number of hydrogen-bond acceptors (Lipinski definition) is 6. The lowest BCUT2D eigenvalue weighted by atomic mass is 10.0. The van der Waals surface area contributed by atoms with Crippen LogP contribution in [-0.2, 0) is 13.0 Å². The first-order valence-electron chi connectivity index (χ1n) is 8.16. The Hall–Kier alpha value is -2.90. The minimum absolute atomic E-state index is 0.00196. The molecule has 1 aliphatic rings. The molecule has 25 heavy (non-hydrogen) atoms. The van der Waals surface area contributed by atoms with Gasteiger partial charge in [-0.15, -0.1) is 10.2 Å². The third-order valence-corrected chi connectivity index (χ3v) is 4.03. The van der Waals surface area contributed by atoms with E-state index in [1.54, 1.807) is 23.0 Å². The molecule has 0 radical (unpaired) electrons. The van der Waals surface area contributed by atoms with E-state index in [9.17, 15) is 4.39 Å². The average molecular weight is 343 g/mol. The highest BCUT2D eigenvalue weighted by Gasteiger charge is 2.20. The van der Waals surface area contributed by atoms with Crippen molar-refractivity contribution in [1.82, 2.24) is 19.6 Å². The minimum Gasteiger partial charge on any atom is -0.493 e.